The number of carboxylic acid groups (broad SMARTS) is 1. The zero-order chi connectivity index (χ0) is 11.1. The Balaban J connectivity index is 2.15. The molecule has 3 N–H and O–H groups in total. The van der Waals surface area contributed by atoms with E-state index in [9.17, 15) is 4.79 Å². The van der Waals surface area contributed by atoms with Crippen LogP contribution in [0, 0.1) is 0 Å². The van der Waals surface area contributed by atoms with E-state index in [4.69, 9.17) is 10.8 Å². The van der Waals surface area contributed by atoms with Crippen molar-refractivity contribution in [1.29, 1.82) is 0 Å². The Hall–Kier alpha value is -0.720. The number of hydrogen-bond donors (Lipinski definition) is 2. The smallest absolute Gasteiger partial charge is 0.320 e. The monoisotopic (exact) mass is 244 g/mol. The maximum absolute atomic E-state index is 10.4. The van der Waals surface area contributed by atoms with Crippen LogP contribution in [-0.2, 0) is 4.79 Å². The number of carboxylic acids is 1. The van der Waals surface area contributed by atoms with Crippen molar-refractivity contribution in [2.24, 2.45) is 5.73 Å². The number of aromatic nitrogens is 1. The SMILES string of the molecule is N[C@@H](CCSSc1ccccn1)C(=O)O. The first-order valence-electron chi connectivity index (χ1n) is 4.39. The van der Waals surface area contributed by atoms with Gasteiger partial charge in [-0.3, -0.25) is 4.79 Å². The second-order valence-electron chi connectivity index (χ2n) is 2.81. The lowest BCUT2D eigenvalue weighted by molar-refractivity contribution is -0.138. The quantitative estimate of drug-likeness (QED) is 0.585. The molecular weight excluding hydrogens is 232 g/mol. The van der Waals surface area contributed by atoms with Gasteiger partial charge in [0.1, 0.15) is 11.1 Å². The Morgan fingerprint density at radius 2 is 2.40 bits per heavy atom. The predicted molar refractivity (Wildman–Crippen MR) is 62.8 cm³/mol. The van der Waals surface area contributed by atoms with Crippen LogP contribution in [0.4, 0.5) is 0 Å². The molecule has 0 bridgehead atoms. The molecular formula is C9H12N2O2S2. The summed E-state index contributed by atoms with van der Waals surface area (Å²) in [6.07, 6.45) is 2.20. The normalized spacial score (nSPS) is 12.3. The van der Waals surface area contributed by atoms with Crippen LogP contribution in [0.15, 0.2) is 29.4 Å². The number of rotatable bonds is 6. The minimum Gasteiger partial charge on any atom is -0.480 e. The molecule has 1 atom stereocenters. The molecule has 0 amide bonds. The first-order valence-corrected chi connectivity index (χ1v) is 6.71. The highest BCUT2D eigenvalue weighted by Gasteiger charge is 2.10. The molecule has 0 saturated carbocycles. The molecule has 4 nitrogen and oxygen atoms in total. The van der Waals surface area contributed by atoms with Gasteiger partial charge < -0.3 is 10.8 Å². The fraction of sp³-hybridized carbons (Fsp3) is 0.333. The third-order valence-corrected chi connectivity index (χ3v) is 3.91. The van der Waals surface area contributed by atoms with Crippen LogP contribution in [0.3, 0.4) is 0 Å². The molecule has 0 aromatic carbocycles. The van der Waals surface area contributed by atoms with E-state index in [0.717, 1.165) is 5.03 Å². The fourth-order valence-electron chi connectivity index (χ4n) is 0.797. The second-order valence-corrected chi connectivity index (χ2v) is 5.24. The standard InChI is InChI=1S/C9H12N2O2S2/c10-7(9(12)13)4-6-14-15-8-3-1-2-5-11-8/h1-3,5,7H,4,6,10H2,(H,12,13)/t7-/m0/s1. The number of nitrogens with two attached hydrogens (primary N) is 1. The van der Waals surface area contributed by atoms with Crippen LogP contribution in [0.5, 0.6) is 0 Å². The summed E-state index contributed by atoms with van der Waals surface area (Å²) in [5.74, 6) is -0.243. The molecule has 1 heterocycles. The van der Waals surface area contributed by atoms with Gasteiger partial charge in [-0.05, 0) is 29.3 Å². The molecule has 0 radical (unpaired) electrons. The number of pyridine rings is 1. The van der Waals surface area contributed by atoms with Gasteiger partial charge in [0, 0.05) is 11.9 Å². The van der Waals surface area contributed by atoms with Gasteiger partial charge in [-0.25, -0.2) is 4.98 Å². The van der Waals surface area contributed by atoms with E-state index < -0.39 is 12.0 Å². The van der Waals surface area contributed by atoms with E-state index >= 15 is 0 Å². The van der Waals surface area contributed by atoms with Gasteiger partial charge in [0.2, 0.25) is 0 Å². The highest BCUT2D eigenvalue weighted by Crippen LogP contribution is 2.29. The summed E-state index contributed by atoms with van der Waals surface area (Å²) < 4.78 is 0. The van der Waals surface area contributed by atoms with E-state index in [1.54, 1.807) is 17.0 Å². The first-order chi connectivity index (χ1) is 7.20. The third kappa shape index (κ3) is 5.06. The molecule has 82 valence electrons. The summed E-state index contributed by atoms with van der Waals surface area (Å²) in [5, 5.41) is 9.47. The first kappa shape index (κ1) is 12.4. The lowest BCUT2D eigenvalue weighted by Gasteiger charge is -2.04. The molecule has 0 fully saturated rings. The van der Waals surface area contributed by atoms with Gasteiger partial charge in [0.25, 0.3) is 0 Å². The van der Waals surface area contributed by atoms with Crippen molar-refractivity contribution >= 4 is 27.6 Å². The Morgan fingerprint density at radius 1 is 1.60 bits per heavy atom. The Labute approximate surface area is 96.1 Å². The van der Waals surface area contributed by atoms with E-state index in [1.807, 2.05) is 18.2 Å². The average molecular weight is 244 g/mol. The lowest BCUT2D eigenvalue weighted by atomic mass is 10.2. The number of aliphatic carboxylic acids is 1. The molecule has 15 heavy (non-hydrogen) atoms. The Bertz CT molecular complexity index is 308. The minimum atomic E-state index is -0.946. The van der Waals surface area contributed by atoms with Crippen LogP contribution in [0.1, 0.15) is 6.42 Å². The van der Waals surface area contributed by atoms with Crippen LogP contribution >= 0.6 is 21.6 Å². The van der Waals surface area contributed by atoms with Gasteiger partial charge in [-0.2, -0.15) is 0 Å². The highest BCUT2D eigenvalue weighted by molar-refractivity contribution is 8.76. The lowest BCUT2D eigenvalue weighted by Crippen LogP contribution is -2.30. The van der Waals surface area contributed by atoms with Crippen LogP contribution in [0.2, 0.25) is 0 Å². The van der Waals surface area contributed by atoms with Crippen molar-refractivity contribution in [2.75, 3.05) is 5.75 Å². The molecule has 0 saturated heterocycles. The average Bonchev–Trinajstić information content (AvgIpc) is 2.25. The Morgan fingerprint density at radius 3 is 3.00 bits per heavy atom. The summed E-state index contributed by atoms with van der Waals surface area (Å²) in [6, 6.07) is 4.92. The van der Waals surface area contributed by atoms with Gasteiger partial charge in [-0.1, -0.05) is 16.9 Å². The summed E-state index contributed by atoms with van der Waals surface area (Å²) >= 11 is 0. The van der Waals surface area contributed by atoms with Crippen molar-refractivity contribution in [1.82, 2.24) is 4.98 Å². The summed E-state index contributed by atoms with van der Waals surface area (Å²) in [5.41, 5.74) is 5.36. The van der Waals surface area contributed by atoms with Crippen molar-refractivity contribution < 1.29 is 9.90 Å². The third-order valence-electron chi connectivity index (χ3n) is 1.61. The van der Waals surface area contributed by atoms with Crippen LogP contribution < -0.4 is 5.73 Å². The zero-order valence-electron chi connectivity index (χ0n) is 8.00. The largest absolute Gasteiger partial charge is 0.480 e. The van der Waals surface area contributed by atoms with Crippen LogP contribution in [-0.4, -0.2) is 27.9 Å². The van der Waals surface area contributed by atoms with E-state index in [2.05, 4.69) is 4.98 Å². The van der Waals surface area contributed by atoms with Crippen LogP contribution in [0.25, 0.3) is 0 Å². The molecule has 0 unspecified atom stereocenters. The topological polar surface area (TPSA) is 76.2 Å². The molecule has 6 heteroatoms. The summed E-state index contributed by atoms with van der Waals surface area (Å²) in [7, 11) is 3.09. The second kappa shape index (κ2) is 6.71. The predicted octanol–water partition coefficient (Wildman–Crippen LogP) is 1.62. The summed E-state index contributed by atoms with van der Waals surface area (Å²) in [6.45, 7) is 0. The molecule has 0 spiro atoms. The minimum absolute atomic E-state index is 0.472. The molecule has 1 aromatic heterocycles. The number of hydrogen-bond acceptors (Lipinski definition) is 5. The summed E-state index contributed by atoms with van der Waals surface area (Å²) in [4.78, 5) is 14.5. The molecule has 0 aliphatic heterocycles. The molecule has 0 aliphatic carbocycles. The van der Waals surface area contributed by atoms with E-state index in [-0.39, 0.29) is 0 Å². The number of carbonyl (C=O) groups is 1. The molecule has 1 rings (SSSR count). The van der Waals surface area contributed by atoms with Crippen molar-refractivity contribution in [3.63, 3.8) is 0 Å². The Kier molecular flexibility index (Phi) is 5.52. The van der Waals surface area contributed by atoms with E-state index in [1.165, 1.54) is 10.8 Å². The number of nitrogens with zero attached hydrogens (tertiary/aromatic N) is 1. The van der Waals surface area contributed by atoms with E-state index in [0.29, 0.717) is 12.2 Å². The van der Waals surface area contributed by atoms with Gasteiger partial charge >= 0.3 is 5.97 Å². The molecule has 0 aliphatic rings. The fourth-order valence-corrected chi connectivity index (χ4v) is 2.79. The van der Waals surface area contributed by atoms with Crippen molar-refractivity contribution in [3.05, 3.63) is 24.4 Å². The van der Waals surface area contributed by atoms with Crippen molar-refractivity contribution in [3.8, 4) is 0 Å². The van der Waals surface area contributed by atoms with Gasteiger partial charge in [-0.15, -0.1) is 0 Å². The maximum Gasteiger partial charge on any atom is 0.320 e. The molecule has 1 aromatic rings. The van der Waals surface area contributed by atoms with Gasteiger partial charge in [0.15, 0.2) is 0 Å². The maximum atomic E-state index is 10.4. The van der Waals surface area contributed by atoms with Gasteiger partial charge in [0.05, 0.1) is 0 Å². The van der Waals surface area contributed by atoms with Crippen molar-refractivity contribution in [2.45, 2.75) is 17.5 Å². The zero-order valence-corrected chi connectivity index (χ0v) is 9.63. The highest BCUT2D eigenvalue weighted by atomic mass is 33.1.